The van der Waals surface area contributed by atoms with E-state index < -0.39 is 10.0 Å². The Bertz CT molecular complexity index is 486. The molecule has 3 N–H and O–H groups in total. The molecule has 5 nitrogen and oxygen atoms in total. The number of rotatable bonds is 7. The highest BCUT2D eigenvalue weighted by Gasteiger charge is 2.13. The summed E-state index contributed by atoms with van der Waals surface area (Å²) >= 11 is 0. The number of unbranched alkanes of at least 4 members (excludes halogenated alkanes) is 2. The summed E-state index contributed by atoms with van der Waals surface area (Å²) < 4.78 is 31.0. The second-order valence-electron chi connectivity index (χ2n) is 3.96. The normalized spacial score (nSPS) is 11.4. The highest BCUT2D eigenvalue weighted by molar-refractivity contribution is 7.89. The fraction of sp³-hybridized carbons (Fsp3) is 0.500. The smallest absolute Gasteiger partial charge is 0.240 e. The number of ether oxygens (including phenoxy) is 1. The van der Waals surface area contributed by atoms with Crippen molar-refractivity contribution < 1.29 is 13.2 Å². The maximum absolute atomic E-state index is 11.6. The van der Waals surface area contributed by atoms with Crippen LogP contribution in [-0.4, -0.2) is 22.1 Å². The van der Waals surface area contributed by atoms with Crippen molar-refractivity contribution in [3.05, 3.63) is 18.2 Å². The molecule has 18 heavy (non-hydrogen) atoms. The Balaban J connectivity index is 2.82. The summed E-state index contributed by atoms with van der Waals surface area (Å²) in [6.45, 7) is 2.65. The molecule has 0 aromatic heterocycles. The van der Waals surface area contributed by atoms with Gasteiger partial charge in [-0.05, 0) is 25.6 Å². The molecular formula is C12H20N2O3S. The third-order valence-electron chi connectivity index (χ3n) is 2.57. The first kappa shape index (κ1) is 14.8. The molecule has 1 aromatic rings. The second-order valence-corrected chi connectivity index (χ2v) is 5.85. The van der Waals surface area contributed by atoms with E-state index >= 15 is 0 Å². The lowest BCUT2D eigenvalue weighted by Crippen LogP contribution is -2.18. The summed E-state index contributed by atoms with van der Waals surface area (Å²) in [6, 6.07) is 4.45. The summed E-state index contributed by atoms with van der Waals surface area (Å²) in [6.07, 6.45) is 3.11. The summed E-state index contributed by atoms with van der Waals surface area (Å²) in [5.41, 5.74) is 6.19. The average Bonchev–Trinajstić information content (AvgIpc) is 2.36. The molecular weight excluding hydrogens is 252 g/mol. The van der Waals surface area contributed by atoms with Gasteiger partial charge in [0, 0.05) is 6.07 Å². The lowest BCUT2D eigenvalue weighted by molar-refractivity contribution is 0.307. The van der Waals surface area contributed by atoms with E-state index in [2.05, 4.69) is 11.6 Å². The van der Waals surface area contributed by atoms with Crippen LogP contribution in [0.5, 0.6) is 5.75 Å². The van der Waals surface area contributed by atoms with Crippen molar-refractivity contribution in [2.75, 3.05) is 19.4 Å². The quantitative estimate of drug-likeness (QED) is 0.585. The second kappa shape index (κ2) is 6.61. The van der Waals surface area contributed by atoms with Crippen LogP contribution in [0.1, 0.15) is 26.2 Å². The molecule has 6 heteroatoms. The van der Waals surface area contributed by atoms with Gasteiger partial charge in [-0.3, -0.25) is 0 Å². The Morgan fingerprint density at radius 2 is 2.06 bits per heavy atom. The number of sulfonamides is 1. The van der Waals surface area contributed by atoms with E-state index in [9.17, 15) is 8.42 Å². The molecule has 0 unspecified atom stereocenters. The molecule has 0 heterocycles. The molecule has 0 aliphatic heterocycles. The minimum absolute atomic E-state index is 0.157. The van der Waals surface area contributed by atoms with Crippen molar-refractivity contribution in [3.63, 3.8) is 0 Å². The number of hydrogen-bond acceptors (Lipinski definition) is 4. The molecule has 0 atom stereocenters. The molecule has 0 saturated heterocycles. The number of nitrogens with one attached hydrogen (secondary N) is 1. The summed E-state index contributed by atoms with van der Waals surface area (Å²) in [7, 11) is -2.09. The van der Waals surface area contributed by atoms with E-state index in [1.807, 2.05) is 0 Å². The Labute approximate surface area is 108 Å². The van der Waals surface area contributed by atoms with Gasteiger partial charge in [0.15, 0.2) is 0 Å². The lowest BCUT2D eigenvalue weighted by atomic mass is 10.2. The van der Waals surface area contributed by atoms with E-state index in [-0.39, 0.29) is 4.90 Å². The molecule has 0 spiro atoms. The van der Waals surface area contributed by atoms with Gasteiger partial charge in [-0.2, -0.15) is 0 Å². The number of nitrogens with two attached hydrogens (primary N) is 1. The van der Waals surface area contributed by atoms with Crippen LogP contribution in [0.3, 0.4) is 0 Å². The zero-order chi connectivity index (χ0) is 13.6. The van der Waals surface area contributed by atoms with Gasteiger partial charge in [-0.15, -0.1) is 0 Å². The van der Waals surface area contributed by atoms with Crippen LogP contribution < -0.4 is 15.2 Å². The topological polar surface area (TPSA) is 81.4 Å². The Morgan fingerprint density at radius 1 is 1.33 bits per heavy atom. The Kier molecular flexibility index (Phi) is 5.43. The molecule has 0 fully saturated rings. The van der Waals surface area contributed by atoms with Gasteiger partial charge in [0.25, 0.3) is 0 Å². The van der Waals surface area contributed by atoms with Crippen molar-refractivity contribution in [2.24, 2.45) is 0 Å². The van der Waals surface area contributed by atoms with Gasteiger partial charge in [0.05, 0.1) is 17.2 Å². The molecule has 1 rings (SSSR count). The van der Waals surface area contributed by atoms with Crippen molar-refractivity contribution in [1.82, 2.24) is 4.72 Å². The van der Waals surface area contributed by atoms with Crippen LogP contribution >= 0.6 is 0 Å². The minimum atomic E-state index is -3.46. The lowest BCUT2D eigenvalue weighted by Gasteiger charge is -2.10. The van der Waals surface area contributed by atoms with Crippen molar-refractivity contribution in [3.8, 4) is 5.75 Å². The van der Waals surface area contributed by atoms with E-state index in [4.69, 9.17) is 10.5 Å². The van der Waals surface area contributed by atoms with Crippen LogP contribution in [-0.2, 0) is 10.0 Å². The first-order valence-corrected chi connectivity index (χ1v) is 7.45. The van der Waals surface area contributed by atoms with Crippen LogP contribution in [0.25, 0.3) is 0 Å². The summed E-state index contributed by atoms with van der Waals surface area (Å²) in [5.74, 6) is 0.419. The highest BCUT2D eigenvalue weighted by Crippen LogP contribution is 2.25. The molecule has 102 valence electrons. The first-order valence-electron chi connectivity index (χ1n) is 5.97. The molecule has 0 radical (unpaired) electrons. The molecule has 0 bridgehead atoms. The van der Waals surface area contributed by atoms with Crippen molar-refractivity contribution >= 4 is 15.7 Å². The maximum atomic E-state index is 11.6. The molecule has 0 aliphatic rings. The van der Waals surface area contributed by atoms with Gasteiger partial charge in [-0.1, -0.05) is 19.8 Å². The van der Waals surface area contributed by atoms with E-state index in [1.54, 1.807) is 6.07 Å². The fourth-order valence-corrected chi connectivity index (χ4v) is 2.20. The van der Waals surface area contributed by atoms with E-state index in [0.717, 1.165) is 19.3 Å². The zero-order valence-electron chi connectivity index (χ0n) is 10.8. The van der Waals surface area contributed by atoms with E-state index in [1.165, 1.54) is 19.2 Å². The minimum Gasteiger partial charge on any atom is -0.491 e. The van der Waals surface area contributed by atoms with Gasteiger partial charge >= 0.3 is 0 Å². The van der Waals surface area contributed by atoms with E-state index in [0.29, 0.717) is 18.0 Å². The van der Waals surface area contributed by atoms with Crippen LogP contribution in [0.15, 0.2) is 23.1 Å². The number of anilines is 1. The number of hydrogen-bond donors (Lipinski definition) is 2. The predicted octanol–water partition coefficient (Wildman–Crippen LogP) is 1.75. The van der Waals surface area contributed by atoms with Gasteiger partial charge in [-0.25, -0.2) is 13.1 Å². The third kappa shape index (κ3) is 3.89. The van der Waals surface area contributed by atoms with Gasteiger partial charge < -0.3 is 10.5 Å². The monoisotopic (exact) mass is 272 g/mol. The third-order valence-corrected chi connectivity index (χ3v) is 3.98. The summed E-state index contributed by atoms with van der Waals surface area (Å²) in [5, 5.41) is 0. The Morgan fingerprint density at radius 3 is 2.67 bits per heavy atom. The molecule has 1 aromatic carbocycles. The van der Waals surface area contributed by atoms with Crippen LogP contribution in [0, 0.1) is 0 Å². The van der Waals surface area contributed by atoms with Gasteiger partial charge in [0.1, 0.15) is 5.75 Å². The molecule has 0 aliphatic carbocycles. The average molecular weight is 272 g/mol. The highest BCUT2D eigenvalue weighted by atomic mass is 32.2. The molecule has 0 saturated carbocycles. The predicted molar refractivity (Wildman–Crippen MR) is 72.1 cm³/mol. The molecule has 0 amide bonds. The fourth-order valence-electron chi connectivity index (χ4n) is 1.46. The largest absolute Gasteiger partial charge is 0.491 e. The number of nitrogen functional groups attached to an aromatic ring is 1. The number of benzene rings is 1. The summed E-state index contributed by atoms with van der Waals surface area (Å²) in [4.78, 5) is 0.157. The SMILES string of the molecule is CCCCCOc1cc(S(=O)(=O)NC)ccc1N. The van der Waals surface area contributed by atoms with Crippen molar-refractivity contribution in [1.29, 1.82) is 0 Å². The Hall–Kier alpha value is -1.27. The van der Waals surface area contributed by atoms with Crippen molar-refractivity contribution in [2.45, 2.75) is 31.1 Å². The van der Waals surface area contributed by atoms with Crippen LogP contribution in [0.2, 0.25) is 0 Å². The first-order chi connectivity index (χ1) is 8.51. The maximum Gasteiger partial charge on any atom is 0.240 e. The van der Waals surface area contributed by atoms with Gasteiger partial charge in [0.2, 0.25) is 10.0 Å². The van der Waals surface area contributed by atoms with Crippen LogP contribution in [0.4, 0.5) is 5.69 Å². The standard InChI is InChI=1S/C12H20N2O3S/c1-3-4-5-8-17-12-9-10(6-7-11(12)13)18(15,16)14-2/h6-7,9,14H,3-5,8,13H2,1-2H3. The zero-order valence-corrected chi connectivity index (χ0v) is 11.6.